The first-order chi connectivity index (χ1) is 12.0. The molecule has 1 heterocycles. The quantitative estimate of drug-likeness (QED) is 0.476. The smallest absolute Gasteiger partial charge is 0.259 e. The first kappa shape index (κ1) is 18.4. The molecular formula is C17H12BrClN2O2S2. The lowest BCUT2D eigenvalue weighted by atomic mass is 10.2. The summed E-state index contributed by atoms with van der Waals surface area (Å²) in [6.45, 7) is 0.441. The molecule has 0 saturated carbocycles. The van der Waals surface area contributed by atoms with Gasteiger partial charge in [0.15, 0.2) is 4.32 Å². The Morgan fingerprint density at radius 2 is 2.08 bits per heavy atom. The first-order valence-corrected chi connectivity index (χ1v) is 9.80. The lowest BCUT2D eigenvalue weighted by Crippen LogP contribution is -2.22. The molecule has 0 aliphatic carbocycles. The van der Waals surface area contributed by atoms with Crippen LogP contribution in [0.25, 0.3) is 0 Å². The van der Waals surface area contributed by atoms with Crippen LogP contribution in [0, 0.1) is 0 Å². The van der Waals surface area contributed by atoms with Crippen LogP contribution in [0.1, 0.15) is 11.1 Å². The minimum Gasteiger partial charge on any atom is -0.488 e. The molecule has 2 aromatic carbocycles. The van der Waals surface area contributed by atoms with Crippen LogP contribution in [0.4, 0.5) is 0 Å². The van der Waals surface area contributed by atoms with Crippen molar-refractivity contribution in [3.8, 4) is 5.75 Å². The minimum atomic E-state index is -0.103. The molecule has 0 N–H and O–H groups in total. The van der Waals surface area contributed by atoms with Gasteiger partial charge in [0.2, 0.25) is 0 Å². The molecule has 4 nitrogen and oxygen atoms in total. The second-order valence-electron chi connectivity index (χ2n) is 5.11. The lowest BCUT2D eigenvalue weighted by Gasteiger charge is -2.10. The van der Waals surface area contributed by atoms with Crippen molar-refractivity contribution in [1.29, 1.82) is 0 Å². The van der Waals surface area contributed by atoms with Crippen molar-refractivity contribution in [2.75, 3.05) is 5.75 Å². The van der Waals surface area contributed by atoms with Gasteiger partial charge < -0.3 is 4.74 Å². The molecule has 1 aliphatic heterocycles. The Morgan fingerprint density at radius 3 is 2.72 bits per heavy atom. The van der Waals surface area contributed by atoms with E-state index in [-0.39, 0.29) is 5.91 Å². The molecule has 0 bridgehead atoms. The molecular weight excluding hydrogens is 444 g/mol. The number of rotatable bonds is 5. The van der Waals surface area contributed by atoms with Gasteiger partial charge in [0.05, 0.1) is 16.4 Å². The number of nitrogens with zero attached hydrogens (tertiary/aromatic N) is 2. The molecule has 2 aromatic rings. The molecule has 1 amide bonds. The highest BCUT2D eigenvalue weighted by Gasteiger charge is 2.25. The summed E-state index contributed by atoms with van der Waals surface area (Å²) in [6.07, 6.45) is 1.60. The van der Waals surface area contributed by atoms with Gasteiger partial charge in [-0.05, 0) is 57.4 Å². The van der Waals surface area contributed by atoms with Gasteiger partial charge in [-0.3, -0.25) is 4.79 Å². The number of hydrogen-bond acceptors (Lipinski definition) is 5. The Balaban J connectivity index is 1.65. The summed E-state index contributed by atoms with van der Waals surface area (Å²) >= 11 is 15.8. The maximum Gasteiger partial charge on any atom is 0.259 e. The van der Waals surface area contributed by atoms with Crippen LogP contribution in [0.15, 0.2) is 52.0 Å². The standard InChI is InChI=1S/C17H12BrClN2O2S2/c18-14-7-12(8-20-21-16(22)10-25-17(21)24)3-6-15(14)23-9-11-1-4-13(19)5-2-11/h1-8H,9-10H2/b20-8+. The third-order valence-corrected chi connectivity index (χ3v) is 5.52. The normalized spacial score (nSPS) is 14.6. The zero-order valence-electron chi connectivity index (χ0n) is 12.8. The number of thioether (sulfide) groups is 1. The van der Waals surface area contributed by atoms with E-state index >= 15 is 0 Å². The molecule has 0 atom stereocenters. The highest BCUT2D eigenvalue weighted by molar-refractivity contribution is 9.10. The van der Waals surface area contributed by atoms with Crippen molar-refractivity contribution in [2.45, 2.75) is 6.61 Å². The van der Waals surface area contributed by atoms with Crippen LogP contribution >= 0.6 is 51.5 Å². The van der Waals surface area contributed by atoms with E-state index in [2.05, 4.69) is 21.0 Å². The summed E-state index contributed by atoms with van der Waals surface area (Å²) in [7, 11) is 0. The van der Waals surface area contributed by atoms with Crippen molar-refractivity contribution >= 4 is 68.0 Å². The van der Waals surface area contributed by atoms with Gasteiger partial charge in [-0.25, -0.2) is 0 Å². The zero-order chi connectivity index (χ0) is 17.8. The van der Waals surface area contributed by atoms with Gasteiger partial charge in [0, 0.05) is 5.02 Å². The van der Waals surface area contributed by atoms with E-state index in [9.17, 15) is 4.79 Å². The molecule has 25 heavy (non-hydrogen) atoms. The first-order valence-electron chi connectivity index (χ1n) is 7.23. The maximum absolute atomic E-state index is 11.6. The molecule has 128 valence electrons. The van der Waals surface area contributed by atoms with Crippen LogP contribution in [0.5, 0.6) is 5.75 Å². The number of hydrogen-bond donors (Lipinski definition) is 0. The number of halogens is 2. The van der Waals surface area contributed by atoms with Gasteiger partial charge >= 0.3 is 0 Å². The molecule has 1 fully saturated rings. The van der Waals surface area contributed by atoms with E-state index < -0.39 is 0 Å². The zero-order valence-corrected chi connectivity index (χ0v) is 16.8. The third kappa shape index (κ3) is 4.82. The molecule has 0 radical (unpaired) electrons. The average Bonchev–Trinajstić information content (AvgIpc) is 2.92. The fourth-order valence-electron chi connectivity index (χ4n) is 2.04. The summed E-state index contributed by atoms with van der Waals surface area (Å²) in [5.41, 5.74) is 1.86. The van der Waals surface area contributed by atoms with E-state index in [1.165, 1.54) is 16.8 Å². The van der Waals surface area contributed by atoms with E-state index in [0.29, 0.717) is 21.7 Å². The number of carbonyl (C=O) groups is 1. The van der Waals surface area contributed by atoms with Gasteiger partial charge in [-0.1, -0.05) is 47.7 Å². The van der Waals surface area contributed by atoms with E-state index in [1.54, 1.807) is 6.21 Å². The van der Waals surface area contributed by atoms with E-state index in [0.717, 1.165) is 21.3 Å². The van der Waals surface area contributed by atoms with Crippen molar-refractivity contribution in [3.05, 3.63) is 63.1 Å². The van der Waals surface area contributed by atoms with Gasteiger partial charge in [-0.15, -0.1) is 0 Å². The topological polar surface area (TPSA) is 41.9 Å². The van der Waals surface area contributed by atoms with Crippen LogP contribution in [0.3, 0.4) is 0 Å². The summed E-state index contributed by atoms with van der Waals surface area (Å²) in [5.74, 6) is 0.959. The largest absolute Gasteiger partial charge is 0.488 e. The predicted molar refractivity (Wildman–Crippen MR) is 109 cm³/mol. The van der Waals surface area contributed by atoms with Crippen molar-refractivity contribution in [3.63, 3.8) is 0 Å². The number of amides is 1. The Kier molecular flexibility index (Phi) is 6.11. The van der Waals surface area contributed by atoms with Crippen molar-refractivity contribution < 1.29 is 9.53 Å². The predicted octanol–water partition coefficient (Wildman–Crippen LogP) is 4.88. The Bertz CT molecular complexity index is 827. The lowest BCUT2D eigenvalue weighted by molar-refractivity contribution is -0.123. The number of ether oxygens (including phenoxy) is 1. The van der Waals surface area contributed by atoms with Crippen molar-refractivity contribution in [1.82, 2.24) is 5.01 Å². The Morgan fingerprint density at radius 1 is 1.32 bits per heavy atom. The van der Waals surface area contributed by atoms with Crippen LogP contribution in [-0.2, 0) is 11.4 Å². The number of thiocarbonyl (C=S) groups is 1. The van der Waals surface area contributed by atoms with Crippen molar-refractivity contribution in [2.24, 2.45) is 5.10 Å². The fourth-order valence-corrected chi connectivity index (χ4v) is 3.64. The molecule has 3 rings (SSSR count). The third-order valence-electron chi connectivity index (χ3n) is 3.31. The molecule has 0 unspecified atom stereocenters. The molecule has 8 heteroatoms. The highest BCUT2D eigenvalue weighted by Crippen LogP contribution is 2.27. The fraction of sp³-hybridized carbons (Fsp3) is 0.118. The second-order valence-corrected chi connectivity index (χ2v) is 8.01. The molecule has 1 saturated heterocycles. The van der Waals surface area contributed by atoms with Gasteiger partial charge in [0.1, 0.15) is 12.4 Å². The average molecular weight is 456 g/mol. The number of benzene rings is 2. The molecule has 0 spiro atoms. The highest BCUT2D eigenvalue weighted by atomic mass is 79.9. The van der Waals surface area contributed by atoms with Gasteiger partial charge in [0.25, 0.3) is 5.91 Å². The summed E-state index contributed by atoms with van der Waals surface area (Å²) in [4.78, 5) is 11.6. The summed E-state index contributed by atoms with van der Waals surface area (Å²) in [6, 6.07) is 13.1. The van der Waals surface area contributed by atoms with Gasteiger partial charge in [-0.2, -0.15) is 10.1 Å². The van der Waals surface area contributed by atoms with E-state index in [1.807, 2.05) is 42.5 Å². The summed E-state index contributed by atoms with van der Waals surface area (Å²) in [5, 5.41) is 6.10. The van der Waals surface area contributed by atoms with Crippen LogP contribution < -0.4 is 4.74 Å². The van der Waals surface area contributed by atoms with Crippen LogP contribution in [0.2, 0.25) is 5.02 Å². The minimum absolute atomic E-state index is 0.103. The molecule has 1 aliphatic rings. The number of hydrazone groups is 1. The van der Waals surface area contributed by atoms with Crippen LogP contribution in [-0.4, -0.2) is 27.2 Å². The monoisotopic (exact) mass is 454 g/mol. The second kappa shape index (κ2) is 8.31. The van der Waals surface area contributed by atoms with E-state index in [4.69, 9.17) is 28.6 Å². The number of carbonyl (C=O) groups excluding carboxylic acids is 1. The SMILES string of the molecule is O=C1CSC(=S)N1/N=C/c1ccc(OCc2ccc(Cl)cc2)c(Br)c1. The Labute approximate surface area is 168 Å². The summed E-state index contributed by atoms with van der Waals surface area (Å²) < 4.78 is 7.08. The molecule has 0 aromatic heterocycles. The maximum atomic E-state index is 11.6. The Hall–Kier alpha value is -1.41.